The maximum absolute atomic E-state index is 8.25. The molecule has 0 radical (unpaired) electrons. The van der Waals surface area contributed by atoms with Gasteiger partial charge in [-0.3, -0.25) is 0 Å². The Bertz CT molecular complexity index is 118. The monoisotopic (exact) mass is 537 g/mol. The van der Waals surface area contributed by atoms with Crippen LogP contribution >= 0.6 is 0 Å². The molecule has 0 aliphatic heterocycles. The Morgan fingerprint density at radius 2 is 0.258 bits per heavy atom. The van der Waals surface area contributed by atoms with Gasteiger partial charge in [0.1, 0.15) is 0 Å². The van der Waals surface area contributed by atoms with Crippen LogP contribution in [0.15, 0.2) is 0 Å². The molecule has 0 fully saturated rings. The first-order chi connectivity index (χ1) is 5.20. The molecule has 30 nitrogen and oxygen atoms in total. The first-order valence-corrected chi connectivity index (χ1v) is 1.64. The molecule has 0 aliphatic rings. The fourth-order valence-electron chi connectivity index (χ4n) is 0. The predicted molar refractivity (Wildman–Crippen MR) is 102 cm³/mol. The molecule has 31 heavy (non-hydrogen) atoms. The van der Waals surface area contributed by atoms with E-state index in [2.05, 4.69) is 0 Å². The van der Waals surface area contributed by atoms with Crippen molar-refractivity contribution >= 4 is 17.4 Å². The molecule has 0 aliphatic carbocycles. The molecule has 0 heterocycles. The van der Waals surface area contributed by atoms with Gasteiger partial charge in [0.15, 0.2) is 0 Å². The number of hydrogen-bond donors (Lipinski definition) is 0. The van der Waals surface area contributed by atoms with Crippen LogP contribution in [-0.4, -0.2) is 131 Å². The summed E-state index contributed by atoms with van der Waals surface area (Å²) in [6.07, 6.45) is 0. The summed E-state index contributed by atoms with van der Waals surface area (Å²) in [7, 11) is 0. The average molecular weight is 537 g/mol. The molecule has 0 atom stereocenters. The minimum Gasteiger partial charge on any atom is -0.412 e. The predicted octanol–water partition coefficient (Wildman–Crippen LogP) is -15.9. The van der Waals surface area contributed by atoms with Gasteiger partial charge in [0.25, 0.3) is 0 Å². The number of rotatable bonds is 0. The van der Waals surface area contributed by atoms with Gasteiger partial charge in [-0.05, 0) is 0 Å². The van der Waals surface area contributed by atoms with Crippen molar-refractivity contribution < 1.29 is 114 Å². The molecule has 0 aromatic rings. The van der Waals surface area contributed by atoms with Crippen molar-refractivity contribution in [2.24, 2.45) is 0 Å². The third-order valence-electron chi connectivity index (χ3n) is 0. The van der Waals surface area contributed by atoms with Gasteiger partial charge in [0, 0.05) is 0 Å². The first-order valence-electron chi connectivity index (χ1n) is 1.64. The second-order valence-corrected chi connectivity index (χ2v) is 0.671. The molecule has 216 valence electrons. The smallest absolute Gasteiger partial charge is 0.412 e. The molecule has 0 aromatic heterocycles. The molecule has 0 spiro atoms. The first kappa shape index (κ1) is 519. The Kier molecular flexibility index (Phi) is 7790. The van der Waals surface area contributed by atoms with Gasteiger partial charge in [-0.15, -0.1) is 0 Å². The number of hydrogen-bond acceptors (Lipinski definition) is 9. The largest absolute Gasteiger partial charge is 3.00 e. The molecule has 0 aromatic carbocycles. The SMILES string of the molecule is O.O.O.O.O.O.O.O.O.O.O.O.O.O.O.O.O.O.O=[N+]([O-])[O-].O=[N+]([O-])[O-].O=[N+]([O-])[O-].[Al+3]. The Morgan fingerprint density at radius 3 is 0.258 bits per heavy atom. The van der Waals surface area contributed by atoms with Crippen molar-refractivity contribution in [3.63, 3.8) is 0 Å². The van der Waals surface area contributed by atoms with E-state index in [1.807, 2.05) is 0 Å². The molecule has 0 amide bonds. The molecule has 0 unspecified atom stereocenters. The van der Waals surface area contributed by atoms with Crippen LogP contribution in [0.4, 0.5) is 0 Å². The molecular weight excluding hydrogens is 501 g/mol. The van der Waals surface area contributed by atoms with Gasteiger partial charge >= 0.3 is 17.4 Å². The minimum absolute atomic E-state index is 0. The minimum atomic E-state index is -1.75. The van der Waals surface area contributed by atoms with Gasteiger partial charge in [-0.25, -0.2) is 0 Å². The van der Waals surface area contributed by atoms with Crippen LogP contribution in [0.3, 0.4) is 0 Å². The van der Waals surface area contributed by atoms with E-state index in [9.17, 15) is 0 Å². The van der Waals surface area contributed by atoms with Crippen LogP contribution in [0, 0.1) is 46.0 Å². The summed E-state index contributed by atoms with van der Waals surface area (Å²) in [5.41, 5.74) is 0. The fourth-order valence-corrected chi connectivity index (χ4v) is 0. The van der Waals surface area contributed by atoms with Crippen LogP contribution in [0.25, 0.3) is 0 Å². The molecule has 0 bridgehead atoms. The molecule has 0 saturated carbocycles. The Morgan fingerprint density at radius 1 is 0.258 bits per heavy atom. The Labute approximate surface area is 178 Å². The van der Waals surface area contributed by atoms with Crippen molar-refractivity contribution in [2.75, 3.05) is 0 Å². The molecule has 31 heteroatoms. The van der Waals surface area contributed by atoms with E-state index in [1.165, 1.54) is 0 Å². The third-order valence-corrected chi connectivity index (χ3v) is 0. The van der Waals surface area contributed by atoms with E-state index in [0.29, 0.717) is 0 Å². The summed E-state index contributed by atoms with van der Waals surface area (Å²) in [5, 5.41) is 44.2. The van der Waals surface area contributed by atoms with Crippen molar-refractivity contribution in [1.82, 2.24) is 0 Å². The van der Waals surface area contributed by atoms with Crippen LogP contribution in [0.5, 0.6) is 0 Å². The maximum atomic E-state index is 8.25. The van der Waals surface area contributed by atoms with Crippen LogP contribution < -0.4 is 0 Å². The van der Waals surface area contributed by atoms with Crippen LogP contribution in [0.1, 0.15) is 0 Å². The van der Waals surface area contributed by atoms with Gasteiger partial charge in [0.2, 0.25) is 0 Å². The molecular formula is H36AlN3O27. The maximum Gasteiger partial charge on any atom is 3.00 e. The van der Waals surface area contributed by atoms with E-state index < -0.39 is 15.3 Å². The van der Waals surface area contributed by atoms with E-state index in [1.54, 1.807) is 0 Å². The summed E-state index contributed by atoms with van der Waals surface area (Å²) in [4.78, 5) is 24.8. The standard InChI is InChI=1S/Al.3NO3.18H2O/c;3*2-1(3)4;;;;;;;;;;;;;;;;;;/h;;;;18*1H2/q+3;3*-1;;;;;;;;;;;;;;;;;;. The van der Waals surface area contributed by atoms with Crippen molar-refractivity contribution in [3.05, 3.63) is 46.0 Å². The van der Waals surface area contributed by atoms with E-state index in [0.717, 1.165) is 0 Å². The Hall–Kier alpha value is -2.59. The number of nitrogens with zero attached hydrogens (tertiary/aromatic N) is 3. The van der Waals surface area contributed by atoms with Crippen molar-refractivity contribution in [3.8, 4) is 0 Å². The summed E-state index contributed by atoms with van der Waals surface area (Å²) >= 11 is 0. The molecule has 0 rings (SSSR count). The van der Waals surface area contributed by atoms with E-state index in [4.69, 9.17) is 46.0 Å². The van der Waals surface area contributed by atoms with Crippen molar-refractivity contribution in [2.45, 2.75) is 0 Å². The second-order valence-electron chi connectivity index (χ2n) is 0.671. The van der Waals surface area contributed by atoms with Crippen LogP contribution in [-0.2, 0) is 0 Å². The topological polar surface area (TPSA) is 766 Å². The summed E-state index contributed by atoms with van der Waals surface area (Å²) < 4.78 is 0. The molecule has 0 saturated heterocycles. The zero-order chi connectivity index (χ0) is 10.7. The van der Waals surface area contributed by atoms with E-state index in [-0.39, 0.29) is 116 Å². The van der Waals surface area contributed by atoms with E-state index >= 15 is 0 Å². The Balaban J connectivity index is -0.00000000150. The zero-order valence-corrected chi connectivity index (χ0v) is 15.7. The summed E-state index contributed by atoms with van der Waals surface area (Å²) in [5.74, 6) is 0. The van der Waals surface area contributed by atoms with Gasteiger partial charge < -0.3 is 145 Å². The third kappa shape index (κ3) is 2640. The van der Waals surface area contributed by atoms with Crippen molar-refractivity contribution in [1.29, 1.82) is 0 Å². The van der Waals surface area contributed by atoms with Gasteiger partial charge in [0.05, 0.1) is 15.3 Å². The van der Waals surface area contributed by atoms with Crippen LogP contribution in [0.2, 0.25) is 0 Å². The zero-order valence-electron chi connectivity index (χ0n) is 14.6. The van der Waals surface area contributed by atoms with Gasteiger partial charge in [-0.1, -0.05) is 0 Å². The summed E-state index contributed by atoms with van der Waals surface area (Å²) in [6, 6.07) is 0. The van der Waals surface area contributed by atoms with Gasteiger partial charge in [-0.2, -0.15) is 0 Å². The second kappa shape index (κ2) is 465. The average Bonchev–Trinajstić information content (AvgIpc) is 1.54. The summed E-state index contributed by atoms with van der Waals surface area (Å²) in [6.45, 7) is 0. The quantitative estimate of drug-likeness (QED) is 0.160. The molecule has 36 N–H and O–H groups in total. The normalized spacial score (nSPS) is 2.32. The fraction of sp³-hybridized carbons (Fsp3) is 0.